The van der Waals surface area contributed by atoms with Crippen molar-refractivity contribution in [3.05, 3.63) is 34.3 Å². The van der Waals surface area contributed by atoms with Gasteiger partial charge in [0.05, 0.1) is 11.6 Å². The molecule has 92 valence electrons. The van der Waals surface area contributed by atoms with Crippen molar-refractivity contribution in [2.24, 2.45) is 0 Å². The summed E-state index contributed by atoms with van der Waals surface area (Å²) in [6.45, 7) is 2.92. The molecule has 1 aromatic carbocycles. The van der Waals surface area contributed by atoms with Crippen LogP contribution in [0.15, 0.2) is 18.2 Å². The van der Waals surface area contributed by atoms with E-state index in [2.05, 4.69) is 18.3 Å². The van der Waals surface area contributed by atoms with Crippen LogP contribution in [0.5, 0.6) is 0 Å². The fourth-order valence-electron chi connectivity index (χ4n) is 1.62. The molecule has 0 aliphatic heterocycles. The molecule has 1 unspecified atom stereocenters. The highest BCUT2D eigenvalue weighted by molar-refractivity contribution is 6.31. The van der Waals surface area contributed by atoms with E-state index in [1.54, 1.807) is 12.1 Å². The van der Waals surface area contributed by atoms with Gasteiger partial charge in [-0.05, 0) is 30.5 Å². The van der Waals surface area contributed by atoms with Gasteiger partial charge in [0.2, 0.25) is 0 Å². The van der Waals surface area contributed by atoms with E-state index >= 15 is 0 Å². The van der Waals surface area contributed by atoms with Crippen LogP contribution < -0.4 is 5.32 Å². The van der Waals surface area contributed by atoms with Crippen molar-refractivity contribution < 1.29 is 5.11 Å². The van der Waals surface area contributed by atoms with Gasteiger partial charge in [0.1, 0.15) is 0 Å². The second kappa shape index (κ2) is 7.29. The molecule has 1 aromatic rings. The quantitative estimate of drug-likeness (QED) is 0.818. The molecule has 0 fully saturated rings. The van der Waals surface area contributed by atoms with Gasteiger partial charge in [0.15, 0.2) is 0 Å². The monoisotopic (exact) mass is 252 g/mol. The first-order chi connectivity index (χ1) is 8.21. The Morgan fingerprint density at radius 1 is 1.53 bits per heavy atom. The zero-order valence-electron chi connectivity index (χ0n) is 9.91. The van der Waals surface area contributed by atoms with Gasteiger partial charge in [-0.1, -0.05) is 24.6 Å². The van der Waals surface area contributed by atoms with E-state index in [0.29, 0.717) is 23.2 Å². The Hall–Kier alpha value is -1.08. The summed E-state index contributed by atoms with van der Waals surface area (Å²) in [5.41, 5.74) is 1.54. The minimum absolute atomic E-state index is 0.187. The molecule has 0 radical (unpaired) electrons. The highest BCUT2D eigenvalue weighted by atomic mass is 35.5. The Labute approximate surface area is 107 Å². The van der Waals surface area contributed by atoms with Crippen LogP contribution in [0.1, 0.15) is 30.9 Å². The molecule has 0 bridgehead atoms. The molecule has 0 aromatic heterocycles. The van der Waals surface area contributed by atoms with Crippen molar-refractivity contribution in [3.8, 4) is 6.07 Å². The number of nitrogens with zero attached hydrogens (tertiary/aromatic N) is 1. The molecule has 0 aliphatic rings. The SMILES string of the molecule is CCC(CCO)NCc1ccc(C#N)cc1Cl. The number of benzene rings is 1. The average Bonchev–Trinajstić information content (AvgIpc) is 2.35. The third-order valence-corrected chi connectivity index (χ3v) is 3.09. The lowest BCUT2D eigenvalue weighted by Crippen LogP contribution is -2.28. The van der Waals surface area contributed by atoms with E-state index in [-0.39, 0.29) is 6.61 Å². The second-order valence-corrected chi connectivity index (χ2v) is 4.32. The molecule has 3 nitrogen and oxygen atoms in total. The molecule has 17 heavy (non-hydrogen) atoms. The third kappa shape index (κ3) is 4.35. The van der Waals surface area contributed by atoms with Crippen molar-refractivity contribution in [1.29, 1.82) is 5.26 Å². The zero-order chi connectivity index (χ0) is 12.7. The lowest BCUT2D eigenvalue weighted by atomic mass is 10.1. The highest BCUT2D eigenvalue weighted by Crippen LogP contribution is 2.17. The first-order valence-corrected chi connectivity index (χ1v) is 6.11. The fourth-order valence-corrected chi connectivity index (χ4v) is 1.87. The molecule has 1 atom stereocenters. The highest BCUT2D eigenvalue weighted by Gasteiger charge is 2.07. The predicted molar refractivity (Wildman–Crippen MR) is 68.8 cm³/mol. The molecule has 0 spiro atoms. The molecular weight excluding hydrogens is 236 g/mol. The minimum atomic E-state index is 0.187. The van der Waals surface area contributed by atoms with Gasteiger partial charge < -0.3 is 10.4 Å². The molecule has 0 saturated carbocycles. The van der Waals surface area contributed by atoms with E-state index in [9.17, 15) is 0 Å². The predicted octanol–water partition coefficient (Wildman–Crippen LogP) is 2.46. The summed E-state index contributed by atoms with van der Waals surface area (Å²) >= 11 is 6.07. The Kier molecular flexibility index (Phi) is 5.99. The van der Waals surface area contributed by atoms with Crippen LogP contribution in [0.4, 0.5) is 0 Å². The maximum absolute atomic E-state index is 8.89. The topological polar surface area (TPSA) is 56.0 Å². The standard InChI is InChI=1S/C13H17ClN2O/c1-2-12(5-6-17)16-9-11-4-3-10(8-15)7-13(11)14/h3-4,7,12,16-17H,2,5-6,9H2,1H3. The average molecular weight is 253 g/mol. The maximum Gasteiger partial charge on any atom is 0.0992 e. The largest absolute Gasteiger partial charge is 0.396 e. The van der Waals surface area contributed by atoms with Gasteiger partial charge in [-0.2, -0.15) is 5.26 Å². The number of rotatable bonds is 6. The Morgan fingerprint density at radius 2 is 2.29 bits per heavy atom. The maximum atomic E-state index is 8.89. The van der Waals surface area contributed by atoms with Crippen molar-refractivity contribution in [3.63, 3.8) is 0 Å². The fraction of sp³-hybridized carbons (Fsp3) is 0.462. The lowest BCUT2D eigenvalue weighted by molar-refractivity contribution is 0.262. The summed E-state index contributed by atoms with van der Waals surface area (Å²) in [4.78, 5) is 0. The van der Waals surface area contributed by atoms with E-state index in [0.717, 1.165) is 18.4 Å². The summed E-state index contributed by atoms with van der Waals surface area (Å²) in [5, 5.41) is 21.6. The molecule has 2 N–H and O–H groups in total. The Morgan fingerprint density at radius 3 is 2.82 bits per heavy atom. The van der Waals surface area contributed by atoms with Crippen molar-refractivity contribution in [2.45, 2.75) is 32.4 Å². The molecule has 1 rings (SSSR count). The molecular formula is C13H17ClN2O. The van der Waals surface area contributed by atoms with Crippen molar-refractivity contribution >= 4 is 11.6 Å². The van der Waals surface area contributed by atoms with Gasteiger partial charge in [-0.3, -0.25) is 0 Å². The zero-order valence-corrected chi connectivity index (χ0v) is 10.7. The third-order valence-electron chi connectivity index (χ3n) is 2.73. The molecule has 4 heteroatoms. The summed E-state index contributed by atoms with van der Waals surface area (Å²) in [6, 6.07) is 7.64. The number of hydrogen-bond acceptors (Lipinski definition) is 3. The van der Waals surface area contributed by atoms with Crippen LogP contribution >= 0.6 is 11.6 Å². The summed E-state index contributed by atoms with van der Waals surface area (Å²) < 4.78 is 0. The number of hydrogen-bond donors (Lipinski definition) is 2. The van der Waals surface area contributed by atoms with Gasteiger partial charge in [0, 0.05) is 24.2 Å². The Bertz CT molecular complexity index is 401. The molecule has 0 heterocycles. The van der Waals surface area contributed by atoms with Crippen LogP contribution in [-0.4, -0.2) is 17.8 Å². The number of aliphatic hydroxyl groups is 1. The van der Waals surface area contributed by atoms with Crippen LogP contribution in [-0.2, 0) is 6.54 Å². The summed E-state index contributed by atoms with van der Waals surface area (Å²) in [6.07, 6.45) is 1.71. The summed E-state index contributed by atoms with van der Waals surface area (Å²) in [7, 11) is 0. The van der Waals surface area contributed by atoms with Crippen LogP contribution in [0, 0.1) is 11.3 Å². The van der Waals surface area contributed by atoms with E-state index in [1.165, 1.54) is 0 Å². The van der Waals surface area contributed by atoms with Crippen LogP contribution in [0.3, 0.4) is 0 Å². The van der Waals surface area contributed by atoms with Crippen molar-refractivity contribution in [1.82, 2.24) is 5.32 Å². The number of nitriles is 1. The first-order valence-electron chi connectivity index (χ1n) is 5.74. The summed E-state index contributed by atoms with van der Waals surface area (Å²) in [5.74, 6) is 0. The van der Waals surface area contributed by atoms with Gasteiger partial charge in [-0.25, -0.2) is 0 Å². The van der Waals surface area contributed by atoms with Crippen LogP contribution in [0.2, 0.25) is 5.02 Å². The van der Waals surface area contributed by atoms with E-state index in [1.807, 2.05) is 6.07 Å². The second-order valence-electron chi connectivity index (χ2n) is 3.92. The van der Waals surface area contributed by atoms with Gasteiger partial charge >= 0.3 is 0 Å². The van der Waals surface area contributed by atoms with Crippen LogP contribution in [0.25, 0.3) is 0 Å². The lowest BCUT2D eigenvalue weighted by Gasteiger charge is -2.16. The first kappa shape index (κ1) is 14.0. The van der Waals surface area contributed by atoms with E-state index < -0.39 is 0 Å². The molecule has 0 amide bonds. The smallest absolute Gasteiger partial charge is 0.0992 e. The number of halogens is 1. The number of nitrogens with one attached hydrogen (secondary N) is 1. The number of aliphatic hydroxyl groups excluding tert-OH is 1. The van der Waals surface area contributed by atoms with Gasteiger partial charge in [0.25, 0.3) is 0 Å². The van der Waals surface area contributed by atoms with Gasteiger partial charge in [-0.15, -0.1) is 0 Å². The van der Waals surface area contributed by atoms with E-state index in [4.69, 9.17) is 22.0 Å². The Balaban J connectivity index is 2.60. The minimum Gasteiger partial charge on any atom is -0.396 e. The molecule has 0 aliphatic carbocycles. The molecule has 0 saturated heterocycles. The normalized spacial score (nSPS) is 12.1. The van der Waals surface area contributed by atoms with Crippen molar-refractivity contribution in [2.75, 3.05) is 6.61 Å².